The molecule has 2 fully saturated rings. The number of likely N-dealkylation sites (N-methyl/N-ethyl adjacent to an activating group) is 1. The predicted octanol–water partition coefficient (Wildman–Crippen LogP) is 1.56. The van der Waals surface area contributed by atoms with E-state index in [1.807, 2.05) is 0 Å². The Hall–Kier alpha value is -0.120. The van der Waals surface area contributed by atoms with Gasteiger partial charge in [-0.2, -0.15) is 0 Å². The molecule has 0 radical (unpaired) electrons. The highest BCUT2D eigenvalue weighted by Crippen LogP contribution is 2.26. The molecule has 1 saturated heterocycles. The van der Waals surface area contributed by atoms with Gasteiger partial charge in [0.25, 0.3) is 0 Å². The van der Waals surface area contributed by atoms with Crippen molar-refractivity contribution in [2.45, 2.75) is 51.1 Å². The first-order valence-electron chi connectivity index (χ1n) is 7.26. The highest BCUT2D eigenvalue weighted by Gasteiger charge is 2.31. The van der Waals surface area contributed by atoms with Crippen molar-refractivity contribution in [3.05, 3.63) is 0 Å². The van der Waals surface area contributed by atoms with Crippen molar-refractivity contribution < 1.29 is 5.11 Å². The van der Waals surface area contributed by atoms with Gasteiger partial charge in [0.1, 0.15) is 0 Å². The Morgan fingerprint density at radius 3 is 2.41 bits per heavy atom. The summed E-state index contributed by atoms with van der Waals surface area (Å²) in [5.74, 6) is 0.721. The summed E-state index contributed by atoms with van der Waals surface area (Å²) >= 11 is 0. The van der Waals surface area contributed by atoms with Crippen molar-refractivity contribution in [3.8, 4) is 0 Å². The minimum Gasteiger partial charge on any atom is -0.395 e. The molecule has 2 aliphatic rings. The van der Waals surface area contributed by atoms with Crippen LogP contribution in [0.1, 0.15) is 39.0 Å². The third-order valence-corrected chi connectivity index (χ3v) is 4.39. The lowest BCUT2D eigenvalue weighted by atomic mass is 9.92. The standard InChI is InChI=1S/C14H28N2O/c1-12-8-15(2)10-14(11-17)16(9-12)13-6-4-3-5-7-13/h12-14,17H,3-11H2,1-2H3. The van der Waals surface area contributed by atoms with E-state index in [-0.39, 0.29) is 0 Å². The number of hydrogen-bond donors (Lipinski definition) is 1. The van der Waals surface area contributed by atoms with Gasteiger partial charge < -0.3 is 10.0 Å². The quantitative estimate of drug-likeness (QED) is 0.793. The van der Waals surface area contributed by atoms with Crippen molar-refractivity contribution in [2.75, 3.05) is 33.3 Å². The lowest BCUT2D eigenvalue weighted by molar-refractivity contribution is 0.0594. The zero-order valence-corrected chi connectivity index (χ0v) is 11.4. The maximum absolute atomic E-state index is 9.65. The number of aliphatic hydroxyl groups excluding tert-OH is 1. The van der Waals surface area contributed by atoms with E-state index in [1.165, 1.54) is 45.2 Å². The largest absolute Gasteiger partial charge is 0.395 e. The average molecular weight is 240 g/mol. The Balaban J connectivity index is 2.04. The molecule has 2 atom stereocenters. The van der Waals surface area contributed by atoms with E-state index in [2.05, 4.69) is 23.8 Å². The Bertz CT molecular complexity index is 228. The summed E-state index contributed by atoms with van der Waals surface area (Å²) in [6.45, 7) is 6.01. The van der Waals surface area contributed by atoms with Crippen molar-refractivity contribution in [2.24, 2.45) is 5.92 Å². The fourth-order valence-electron chi connectivity index (χ4n) is 3.66. The minimum absolute atomic E-state index is 0.313. The van der Waals surface area contributed by atoms with E-state index in [0.717, 1.165) is 18.5 Å². The van der Waals surface area contributed by atoms with Crippen molar-refractivity contribution in [1.82, 2.24) is 9.80 Å². The molecule has 3 nitrogen and oxygen atoms in total. The van der Waals surface area contributed by atoms with Gasteiger partial charge in [0, 0.05) is 31.7 Å². The van der Waals surface area contributed by atoms with Crippen LogP contribution >= 0.6 is 0 Å². The molecule has 0 bridgehead atoms. The van der Waals surface area contributed by atoms with Gasteiger partial charge in [-0.25, -0.2) is 0 Å². The maximum Gasteiger partial charge on any atom is 0.0599 e. The Morgan fingerprint density at radius 2 is 1.76 bits per heavy atom. The molecule has 1 saturated carbocycles. The molecule has 100 valence electrons. The molecule has 1 N–H and O–H groups in total. The monoisotopic (exact) mass is 240 g/mol. The van der Waals surface area contributed by atoms with Crippen molar-refractivity contribution in [1.29, 1.82) is 0 Å². The summed E-state index contributed by atoms with van der Waals surface area (Å²) in [7, 11) is 2.18. The highest BCUT2D eigenvalue weighted by atomic mass is 16.3. The van der Waals surface area contributed by atoms with Crippen LogP contribution in [-0.2, 0) is 0 Å². The fourth-order valence-corrected chi connectivity index (χ4v) is 3.66. The summed E-state index contributed by atoms with van der Waals surface area (Å²) in [4.78, 5) is 5.00. The number of nitrogens with zero attached hydrogens (tertiary/aromatic N) is 2. The third kappa shape index (κ3) is 3.43. The molecule has 1 aliphatic heterocycles. The summed E-state index contributed by atoms with van der Waals surface area (Å²) < 4.78 is 0. The number of aliphatic hydroxyl groups is 1. The van der Waals surface area contributed by atoms with E-state index in [1.54, 1.807) is 0 Å². The Kier molecular flexibility index (Phi) is 4.83. The Labute approximate surface area is 106 Å². The highest BCUT2D eigenvalue weighted by molar-refractivity contribution is 4.87. The minimum atomic E-state index is 0.313. The molecule has 0 aromatic heterocycles. The van der Waals surface area contributed by atoms with Gasteiger partial charge in [-0.1, -0.05) is 26.2 Å². The van der Waals surface area contributed by atoms with E-state index in [9.17, 15) is 5.11 Å². The molecule has 0 aromatic rings. The van der Waals surface area contributed by atoms with Gasteiger partial charge in [0.05, 0.1) is 6.61 Å². The zero-order valence-electron chi connectivity index (χ0n) is 11.4. The van der Waals surface area contributed by atoms with Crippen LogP contribution < -0.4 is 0 Å². The van der Waals surface area contributed by atoms with Gasteiger partial charge in [-0.3, -0.25) is 4.90 Å². The molecule has 2 unspecified atom stereocenters. The van der Waals surface area contributed by atoms with E-state index >= 15 is 0 Å². The van der Waals surface area contributed by atoms with Crippen LogP contribution in [0.3, 0.4) is 0 Å². The molecule has 0 spiro atoms. The fraction of sp³-hybridized carbons (Fsp3) is 1.00. The number of rotatable bonds is 2. The smallest absolute Gasteiger partial charge is 0.0599 e. The molecular formula is C14H28N2O. The SMILES string of the molecule is CC1CN(C)CC(CO)N(C2CCCCC2)C1. The van der Waals surface area contributed by atoms with Crippen LogP contribution in [0.25, 0.3) is 0 Å². The van der Waals surface area contributed by atoms with Crippen LogP contribution in [0.15, 0.2) is 0 Å². The first kappa shape index (κ1) is 13.3. The summed E-state index contributed by atoms with van der Waals surface area (Å²) in [6, 6.07) is 1.09. The van der Waals surface area contributed by atoms with Gasteiger partial charge in [0.15, 0.2) is 0 Å². The predicted molar refractivity (Wildman–Crippen MR) is 71.1 cm³/mol. The first-order chi connectivity index (χ1) is 8.20. The summed E-state index contributed by atoms with van der Waals surface area (Å²) in [6.07, 6.45) is 6.84. The molecular weight excluding hydrogens is 212 g/mol. The average Bonchev–Trinajstić information content (AvgIpc) is 2.48. The normalized spacial score (nSPS) is 34.8. The van der Waals surface area contributed by atoms with Crippen LogP contribution in [-0.4, -0.2) is 60.3 Å². The molecule has 0 aromatic carbocycles. The lowest BCUT2D eigenvalue weighted by Gasteiger charge is -2.39. The second kappa shape index (κ2) is 6.17. The molecule has 0 amide bonds. The third-order valence-electron chi connectivity index (χ3n) is 4.39. The molecule has 1 heterocycles. The van der Waals surface area contributed by atoms with Crippen LogP contribution in [0.4, 0.5) is 0 Å². The molecule has 17 heavy (non-hydrogen) atoms. The van der Waals surface area contributed by atoms with Crippen LogP contribution in [0, 0.1) is 5.92 Å². The van der Waals surface area contributed by atoms with E-state index in [4.69, 9.17) is 0 Å². The van der Waals surface area contributed by atoms with Gasteiger partial charge in [0.2, 0.25) is 0 Å². The zero-order chi connectivity index (χ0) is 12.3. The van der Waals surface area contributed by atoms with Crippen LogP contribution in [0.5, 0.6) is 0 Å². The van der Waals surface area contributed by atoms with Crippen LogP contribution in [0.2, 0.25) is 0 Å². The van der Waals surface area contributed by atoms with Crippen molar-refractivity contribution in [3.63, 3.8) is 0 Å². The second-order valence-corrected chi connectivity index (χ2v) is 6.15. The second-order valence-electron chi connectivity index (χ2n) is 6.15. The van der Waals surface area contributed by atoms with Gasteiger partial charge in [-0.15, -0.1) is 0 Å². The molecule has 2 rings (SSSR count). The van der Waals surface area contributed by atoms with Gasteiger partial charge in [-0.05, 0) is 25.8 Å². The number of hydrogen-bond acceptors (Lipinski definition) is 3. The Morgan fingerprint density at radius 1 is 1.06 bits per heavy atom. The van der Waals surface area contributed by atoms with Gasteiger partial charge >= 0.3 is 0 Å². The molecule has 3 heteroatoms. The summed E-state index contributed by atoms with van der Waals surface area (Å²) in [5.41, 5.74) is 0. The first-order valence-corrected chi connectivity index (χ1v) is 7.26. The summed E-state index contributed by atoms with van der Waals surface area (Å²) in [5, 5.41) is 9.65. The topological polar surface area (TPSA) is 26.7 Å². The molecule has 1 aliphatic carbocycles. The maximum atomic E-state index is 9.65. The van der Waals surface area contributed by atoms with E-state index < -0.39 is 0 Å². The van der Waals surface area contributed by atoms with E-state index in [0.29, 0.717) is 12.6 Å². The van der Waals surface area contributed by atoms with Crippen molar-refractivity contribution >= 4 is 0 Å². The lowest BCUT2D eigenvalue weighted by Crippen LogP contribution is -2.49.